The van der Waals surface area contributed by atoms with E-state index in [9.17, 15) is 0 Å². The van der Waals surface area contributed by atoms with Crippen LogP contribution in [0.1, 0.15) is 24.0 Å². The highest BCUT2D eigenvalue weighted by Crippen LogP contribution is 2.06. The molecule has 2 aromatic rings. The Morgan fingerprint density at radius 2 is 2.13 bits per heavy atom. The predicted molar refractivity (Wildman–Crippen MR) is 58.7 cm³/mol. The van der Waals surface area contributed by atoms with Gasteiger partial charge in [-0.25, -0.2) is 4.98 Å². The molecule has 4 nitrogen and oxygen atoms in total. The molecular weight excluding hydrogens is 188 g/mol. The number of aromatic nitrogens is 4. The van der Waals surface area contributed by atoms with E-state index in [-0.39, 0.29) is 0 Å². The molecule has 0 unspecified atom stereocenters. The first kappa shape index (κ1) is 9.96. The van der Waals surface area contributed by atoms with Gasteiger partial charge in [0.05, 0.1) is 30.5 Å². The maximum atomic E-state index is 4.44. The zero-order valence-electron chi connectivity index (χ0n) is 9.44. The first-order valence-corrected chi connectivity index (χ1v) is 5.20. The summed E-state index contributed by atoms with van der Waals surface area (Å²) in [4.78, 5) is 4.15. The summed E-state index contributed by atoms with van der Waals surface area (Å²) in [5.74, 6) is 0. The maximum Gasteiger partial charge on any atom is 0.0948 e. The van der Waals surface area contributed by atoms with Gasteiger partial charge in [-0.1, -0.05) is 0 Å². The molecule has 2 aromatic heterocycles. The van der Waals surface area contributed by atoms with Gasteiger partial charge in [-0.15, -0.1) is 0 Å². The standard InChI is InChI=1S/C11H16N4/c1-4-14-8-12-6-11(14)7-15-10(3)5-9(2)13-15/h5-6,8H,4,7H2,1-3H3. The Balaban J connectivity index is 2.25. The SMILES string of the molecule is CCn1cncc1Cn1nc(C)cc1C. The molecule has 2 heterocycles. The van der Waals surface area contributed by atoms with Crippen molar-refractivity contribution in [2.45, 2.75) is 33.9 Å². The summed E-state index contributed by atoms with van der Waals surface area (Å²) in [5, 5.41) is 4.44. The lowest BCUT2D eigenvalue weighted by Crippen LogP contribution is -2.08. The van der Waals surface area contributed by atoms with Crippen molar-refractivity contribution >= 4 is 0 Å². The van der Waals surface area contributed by atoms with Gasteiger partial charge in [-0.3, -0.25) is 4.68 Å². The smallest absolute Gasteiger partial charge is 0.0948 e. The molecule has 15 heavy (non-hydrogen) atoms. The lowest BCUT2D eigenvalue weighted by Gasteiger charge is -2.06. The number of imidazole rings is 1. The Morgan fingerprint density at radius 3 is 2.73 bits per heavy atom. The molecule has 0 aromatic carbocycles. The Labute approximate surface area is 89.6 Å². The van der Waals surface area contributed by atoms with Crippen LogP contribution in [0.4, 0.5) is 0 Å². The fourth-order valence-electron chi connectivity index (χ4n) is 1.75. The molecule has 2 rings (SSSR count). The van der Waals surface area contributed by atoms with E-state index in [4.69, 9.17) is 0 Å². The van der Waals surface area contributed by atoms with Crippen molar-refractivity contribution in [1.29, 1.82) is 0 Å². The third-order valence-electron chi connectivity index (χ3n) is 2.55. The van der Waals surface area contributed by atoms with Gasteiger partial charge in [-0.05, 0) is 26.8 Å². The van der Waals surface area contributed by atoms with E-state index < -0.39 is 0 Å². The highest BCUT2D eigenvalue weighted by Gasteiger charge is 2.05. The van der Waals surface area contributed by atoms with Crippen LogP contribution in [0, 0.1) is 13.8 Å². The minimum Gasteiger partial charge on any atom is -0.333 e. The normalized spacial score (nSPS) is 10.9. The van der Waals surface area contributed by atoms with Crippen molar-refractivity contribution in [3.05, 3.63) is 35.7 Å². The van der Waals surface area contributed by atoms with E-state index in [1.807, 2.05) is 24.1 Å². The van der Waals surface area contributed by atoms with E-state index in [0.29, 0.717) is 0 Å². The van der Waals surface area contributed by atoms with Crippen LogP contribution in [0.2, 0.25) is 0 Å². The fourth-order valence-corrected chi connectivity index (χ4v) is 1.75. The highest BCUT2D eigenvalue weighted by molar-refractivity contribution is 5.09. The van der Waals surface area contributed by atoms with Crippen molar-refractivity contribution in [2.24, 2.45) is 0 Å². The number of hydrogen-bond donors (Lipinski definition) is 0. The van der Waals surface area contributed by atoms with Gasteiger partial charge in [0.2, 0.25) is 0 Å². The second-order valence-corrected chi connectivity index (χ2v) is 3.76. The van der Waals surface area contributed by atoms with Crippen LogP contribution in [0.15, 0.2) is 18.6 Å². The first-order chi connectivity index (χ1) is 7.20. The van der Waals surface area contributed by atoms with E-state index >= 15 is 0 Å². The van der Waals surface area contributed by atoms with Crippen LogP contribution in [0.3, 0.4) is 0 Å². The van der Waals surface area contributed by atoms with Gasteiger partial charge in [0.1, 0.15) is 0 Å². The van der Waals surface area contributed by atoms with Crippen molar-refractivity contribution in [1.82, 2.24) is 19.3 Å². The van der Waals surface area contributed by atoms with Gasteiger partial charge in [0.25, 0.3) is 0 Å². The monoisotopic (exact) mass is 204 g/mol. The average Bonchev–Trinajstić information content (AvgIpc) is 2.74. The zero-order chi connectivity index (χ0) is 10.8. The van der Waals surface area contributed by atoms with Crippen LogP contribution in [0.25, 0.3) is 0 Å². The predicted octanol–water partition coefficient (Wildman–Crippen LogP) is 1.76. The Kier molecular flexibility index (Phi) is 2.58. The first-order valence-electron chi connectivity index (χ1n) is 5.20. The summed E-state index contributed by atoms with van der Waals surface area (Å²) in [6.45, 7) is 7.96. The molecule has 80 valence electrons. The van der Waals surface area contributed by atoms with Crippen molar-refractivity contribution in [3.8, 4) is 0 Å². The number of hydrogen-bond acceptors (Lipinski definition) is 2. The Hall–Kier alpha value is -1.58. The van der Waals surface area contributed by atoms with E-state index in [1.165, 1.54) is 11.4 Å². The summed E-state index contributed by atoms with van der Waals surface area (Å²) in [6.07, 6.45) is 3.76. The molecule has 0 aliphatic rings. The molecule has 4 heteroatoms. The minimum atomic E-state index is 0.799. The quantitative estimate of drug-likeness (QED) is 0.763. The van der Waals surface area contributed by atoms with Gasteiger partial charge >= 0.3 is 0 Å². The molecule has 0 spiro atoms. The average molecular weight is 204 g/mol. The van der Waals surface area contributed by atoms with Gasteiger partial charge in [0.15, 0.2) is 0 Å². The summed E-state index contributed by atoms with van der Waals surface area (Å²) in [5.41, 5.74) is 3.45. The molecule has 0 fully saturated rings. The lowest BCUT2D eigenvalue weighted by atomic mass is 10.4. The molecule has 0 amide bonds. The topological polar surface area (TPSA) is 35.6 Å². The molecule has 0 saturated carbocycles. The summed E-state index contributed by atoms with van der Waals surface area (Å²) >= 11 is 0. The number of nitrogens with zero attached hydrogens (tertiary/aromatic N) is 4. The molecule has 0 aliphatic carbocycles. The van der Waals surface area contributed by atoms with Crippen molar-refractivity contribution in [2.75, 3.05) is 0 Å². The van der Waals surface area contributed by atoms with Crippen LogP contribution in [-0.2, 0) is 13.1 Å². The largest absolute Gasteiger partial charge is 0.333 e. The van der Waals surface area contributed by atoms with Gasteiger partial charge < -0.3 is 4.57 Å². The highest BCUT2D eigenvalue weighted by atomic mass is 15.3. The third kappa shape index (κ3) is 1.93. The second-order valence-electron chi connectivity index (χ2n) is 3.76. The summed E-state index contributed by atoms with van der Waals surface area (Å²) in [6, 6.07) is 2.09. The van der Waals surface area contributed by atoms with Gasteiger partial charge in [-0.2, -0.15) is 5.10 Å². The zero-order valence-corrected chi connectivity index (χ0v) is 9.44. The van der Waals surface area contributed by atoms with Crippen LogP contribution >= 0.6 is 0 Å². The third-order valence-corrected chi connectivity index (χ3v) is 2.55. The van der Waals surface area contributed by atoms with Crippen LogP contribution < -0.4 is 0 Å². The molecular formula is C11H16N4. The van der Waals surface area contributed by atoms with Gasteiger partial charge in [0, 0.05) is 12.2 Å². The minimum absolute atomic E-state index is 0.799. The molecule has 0 saturated heterocycles. The molecule has 0 N–H and O–H groups in total. The van der Waals surface area contributed by atoms with E-state index in [2.05, 4.69) is 34.6 Å². The number of rotatable bonds is 3. The molecule has 0 bridgehead atoms. The molecule has 0 radical (unpaired) electrons. The molecule has 0 atom stereocenters. The fraction of sp³-hybridized carbons (Fsp3) is 0.455. The summed E-state index contributed by atoms with van der Waals surface area (Å²) in [7, 11) is 0. The lowest BCUT2D eigenvalue weighted by molar-refractivity contribution is 0.607. The van der Waals surface area contributed by atoms with E-state index in [1.54, 1.807) is 0 Å². The Bertz CT molecular complexity index is 453. The van der Waals surface area contributed by atoms with Crippen LogP contribution in [0.5, 0.6) is 0 Å². The summed E-state index contributed by atoms with van der Waals surface area (Å²) < 4.78 is 4.15. The van der Waals surface area contributed by atoms with E-state index in [0.717, 1.165) is 18.8 Å². The maximum absolute atomic E-state index is 4.44. The van der Waals surface area contributed by atoms with Crippen molar-refractivity contribution < 1.29 is 0 Å². The molecule has 0 aliphatic heterocycles. The Morgan fingerprint density at radius 1 is 1.33 bits per heavy atom. The number of aryl methyl sites for hydroxylation is 3. The van der Waals surface area contributed by atoms with Crippen molar-refractivity contribution in [3.63, 3.8) is 0 Å². The second kappa shape index (κ2) is 3.88. The van der Waals surface area contributed by atoms with Crippen LogP contribution in [-0.4, -0.2) is 19.3 Å².